The highest BCUT2D eigenvalue weighted by molar-refractivity contribution is 5.79. The van der Waals surface area contributed by atoms with Crippen LogP contribution in [0.15, 0.2) is 0 Å². The van der Waals surface area contributed by atoms with Crippen molar-refractivity contribution in [3.05, 3.63) is 0 Å². The molecule has 1 saturated carbocycles. The Hall–Kier alpha value is -1.59. The SMILES string of the molecule is O=C(O)CCNC(=O)CCNC(=O)CCC1CCCCC1. The van der Waals surface area contributed by atoms with Gasteiger partial charge in [0, 0.05) is 25.9 Å². The normalized spacial score (nSPS) is 15.4. The molecule has 0 aliphatic heterocycles. The molecule has 1 aliphatic rings. The first-order valence-electron chi connectivity index (χ1n) is 7.83. The van der Waals surface area contributed by atoms with E-state index in [9.17, 15) is 14.4 Å². The quantitative estimate of drug-likeness (QED) is 0.600. The summed E-state index contributed by atoms with van der Waals surface area (Å²) < 4.78 is 0. The molecule has 0 aromatic rings. The van der Waals surface area contributed by atoms with Gasteiger partial charge < -0.3 is 15.7 Å². The van der Waals surface area contributed by atoms with Gasteiger partial charge >= 0.3 is 5.97 Å². The molecule has 120 valence electrons. The van der Waals surface area contributed by atoms with Gasteiger partial charge in [-0.15, -0.1) is 0 Å². The maximum atomic E-state index is 11.7. The van der Waals surface area contributed by atoms with Gasteiger partial charge in [-0.05, 0) is 12.3 Å². The van der Waals surface area contributed by atoms with Gasteiger partial charge in [-0.25, -0.2) is 0 Å². The maximum absolute atomic E-state index is 11.7. The van der Waals surface area contributed by atoms with Crippen molar-refractivity contribution in [1.29, 1.82) is 0 Å². The first kappa shape index (κ1) is 17.5. The van der Waals surface area contributed by atoms with Crippen molar-refractivity contribution in [1.82, 2.24) is 10.6 Å². The zero-order valence-corrected chi connectivity index (χ0v) is 12.5. The first-order chi connectivity index (χ1) is 10.1. The molecule has 0 aromatic carbocycles. The predicted molar refractivity (Wildman–Crippen MR) is 78.7 cm³/mol. The Morgan fingerprint density at radius 2 is 1.43 bits per heavy atom. The van der Waals surface area contributed by atoms with Gasteiger partial charge in [-0.1, -0.05) is 32.1 Å². The van der Waals surface area contributed by atoms with Crippen LogP contribution in [0.3, 0.4) is 0 Å². The number of hydrogen-bond donors (Lipinski definition) is 3. The van der Waals surface area contributed by atoms with Crippen LogP contribution in [0.2, 0.25) is 0 Å². The minimum absolute atomic E-state index is 0.00101. The number of amides is 2. The fraction of sp³-hybridized carbons (Fsp3) is 0.800. The minimum Gasteiger partial charge on any atom is -0.481 e. The molecule has 1 rings (SSSR count). The van der Waals surface area contributed by atoms with Gasteiger partial charge in [0.2, 0.25) is 11.8 Å². The standard InChI is InChI=1S/C15H26N2O4/c18-13(7-6-12-4-2-1-3-5-12)16-10-8-14(19)17-11-9-15(20)21/h12H,1-11H2,(H,16,18)(H,17,19)(H,20,21). The third-order valence-corrected chi connectivity index (χ3v) is 3.84. The molecule has 0 aromatic heterocycles. The number of nitrogens with one attached hydrogen (secondary N) is 2. The highest BCUT2D eigenvalue weighted by Crippen LogP contribution is 2.27. The second-order valence-corrected chi connectivity index (χ2v) is 5.64. The molecule has 1 fully saturated rings. The molecule has 0 radical (unpaired) electrons. The highest BCUT2D eigenvalue weighted by Gasteiger charge is 2.14. The molecular weight excluding hydrogens is 272 g/mol. The van der Waals surface area contributed by atoms with E-state index in [0.717, 1.165) is 6.42 Å². The molecule has 0 unspecified atom stereocenters. The van der Waals surface area contributed by atoms with E-state index in [-0.39, 0.29) is 31.2 Å². The van der Waals surface area contributed by atoms with Crippen molar-refractivity contribution in [3.63, 3.8) is 0 Å². The van der Waals surface area contributed by atoms with Gasteiger partial charge in [-0.2, -0.15) is 0 Å². The average Bonchev–Trinajstić information content (AvgIpc) is 2.46. The van der Waals surface area contributed by atoms with Crippen LogP contribution in [0.5, 0.6) is 0 Å². The van der Waals surface area contributed by atoms with Crippen molar-refractivity contribution >= 4 is 17.8 Å². The Kier molecular flexibility index (Phi) is 8.47. The largest absolute Gasteiger partial charge is 0.481 e. The summed E-state index contributed by atoms with van der Waals surface area (Å²) in [4.78, 5) is 33.3. The summed E-state index contributed by atoms with van der Waals surface area (Å²) in [5.74, 6) is -0.488. The smallest absolute Gasteiger partial charge is 0.305 e. The number of carboxylic acids is 1. The van der Waals surface area contributed by atoms with E-state index in [1.165, 1.54) is 32.1 Å². The lowest BCUT2D eigenvalue weighted by molar-refractivity contribution is -0.137. The number of carbonyl (C=O) groups is 3. The second-order valence-electron chi connectivity index (χ2n) is 5.64. The lowest BCUT2D eigenvalue weighted by Gasteiger charge is -2.20. The molecule has 0 heterocycles. The summed E-state index contributed by atoms with van der Waals surface area (Å²) in [6.45, 7) is 0.437. The fourth-order valence-corrected chi connectivity index (χ4v) is 2.61. The van der Waals surface area contributed by atoms with E-state index in [1.54, 1.807) is 0 Å². The van der Waals surface area contributed by atoms with Crippen LogP contribution in [0.25, 0.3) is 0 Å². The van der Waals surface area contributed by atoms with Crippen molar-refractivity contribution in [2.75, 3.05) is 13.1 Å². The van der Waals surface area contributed by atoms with Gasteiger partial charge in [-0.3, -0.25) is 14.4 Å². The number of rotatable bonds is 9. The molecule has 0 spiro atoms. The Balaban J connectivity index is 1.99. The van der Waals surface area contributed by atoms with Crippen LogP contribution >= 0.6 is 0 Å². The molecule has 6 nitrogen and oxygen atoms in total. The highest BCUT2D eigenvalue weighted by atomic mass is 16.4. The van der Waals surface area contributed by atoms with Crippen LogP contribution in [0.4, 0.5) is 0 Å². The minimum atomic E-state index is -0.939. The van der Waals surface area contributed by atoms with Crippen LogP contribution in [-0.2, 0) is 14.4 Å². The van der Waals surface area contributed by atoms with Crippen LogP contribution in [0.1, 0.15) is 57.8 Å². The van der Waals surface area contributed by atoms with Crippen LogP contribution in [-0.4, -0.2) is 36.0 Å². The molecule has 0 atom stereocenters. The zero-order valence-electron chi connectivity index (χ0n) is 12.5. The van der Waals surface area contributed by atoms with Crippen LogP contribution < -0.4 is 10.6 Å². The Morgan fingerprint density at radius 1 is 0.857 bits per heavy atom. The lowest BCUT2D eigenvalue weighted by Crippen LogP contribution is -2.31. The predicted octanol–water partition coefficient (Wildman–Crippen LogP) is 1.44. The fourth-order valence-electron chi connectivity index (χ4n) is 2.61. The summed E-state index contributed by atoms with van der Waals surface area (Å²) >= 11 is 0. The maximum Gasteiger partial charge on any atom is 0.305 e. The molecule has 1 aliphatic carbocycles. The third-order valence-electron chi connectivity index (χ3n) is 3.84. The lowest BCUT2D eigenvalue weighted by atomic mass is 9.86. The summed E-state index contributed by atoms with van der Waals surface area (Å²) in [6, 6.07) is 0. The van der Waals surface area contributed by atoms with E-state index >= 15 is 0 Å². The molecule has 3 N–H and O–H groups in total. The summed E-state index contributed by atoms with van der Waals surface area (Å²) in [6.07, 6.45) is 7.93. The molecule has 0 saturated heterocycles. The van der Waals surface area contributed by atoms with Crippen molar-refractivity contribution in [2.45, 2.75) is 57.8 Å². The van der Waals surface area contributed by atoms with E-state index in [1.807, 2.05) is 0 Å². The van der Waals surface area contributed by atoms with E-state index in [2.05, 4.69) is 10.6 Å². The number of aliphatic carboxylic acids is 1. The first-order valence-corrected chi connectivity index (χ1v) is 7.83. The molecule has 0 bridgehead atoms. The van der Waals surface area contributed by atoms with Gasteiger partial charge in [0.05, 0.1) is 6.42 Å². The van der Waals surface area contributed by atoms with Crippen molar-refractivity contribution in [2.24, 2.45) is 5.92 Å². The molecular formula is C15H26N2O4. The Morgan fingerprint density at radius 3 is 2.05 bits per heavy atom. The average molecular weight is 298 g/mol. The monoisotopic (exact) mass is 298 g/mol. The summed E-state index contributed by atoms with van der Waals surface area (Å²) in [5.41, 5.74) is 0. The molecule has 2 amide bonds. The second kappa shape index (κ2) is 10.2. The summed E-state index contributed by atoms with van der Waals surface area (Å²) in [7, 11) is 0. The van der Waals surface area contributed by atoms with E-state index in [4.69, 9.17) is 5.11 Å². The number of carboxylic acid groups (broad SMARTS) is 1. The number of carbonyl (C=O) groups excluding carboxylic acids is 2. The van der Waals surface area contributed by atoms with E-state index in [0.29, 0.717) is 18.9 Å². The Bertz CT molecular complexity index is 352. The molecule has 21 heavy (non-hydrogen) atoms. The Labute approximate surface area is 125 Å². The van der Waals surface area contributed by atoms with Crippen molar-refractivity contribution in [3.8, 4) is 0 Å². The van der Waals surface area contributed by atoms with Crippen LogP contribution in [0, 0.1) is 5.92 Å². The van der Waals surface area contributed by atoms with E-state index < -0.39 is 5.97 Å². The topological polar surface area (TPSA) is 95.5 Å². The summed E-state index contributed by atoms with van der Waals surface area (Å²) in [5, 5.41) is 13.7. The van der Waals surface area contributed by atoms with Gasteiger partial charge in [0.15, 0.2) is 0 Å². The molecule has 6 heteroatoms. The number of hydrogen-bond acceptors (Lipinski definition) is 3. The van der Waals surface area contributed by atoms with Gasteiger partial charge in [0.1, 0.15) is 0 Å². The third kappa shape index (κ3) is 9.05. The zero-order chi connectivity index (χ0) is 15.5. The van der Waals surface area contributed by atoms with Crippen molar-refractivity contribution < 1.29 is 19.5 Å². The van der Waals surface area contributed by atoms with Gasteiger partial charge in [0.25, 0.3) is 0 Å².